The van der Waals surface area contributed by atoms with Crippen LogP contribution in [0.15, 0.2) is 18.2 Å². The molecule has 1 aromatic carbocycles. The number of halogens is 3. The van der Waals surface area contributed by atoms with Crippen LogP contribution in [0.2, 0.25) is 0 Å². The molecule has 2 nitrogen and oxygen atoms in total. The minimum atomic E-state index is -1.56. The summed E-state index contributed by atoms with van der Waals surface area (Å²) in [5.74, 6) is -4.15. The molecule has 0 saturated heterocycles. The van der Waals surface area contributed by atoms with Gasteiger partial charge in [0.15, 0.2) is 17.5 Å². The van der Waals surface area contributed by atoms with Gasteiger partial charge >= 0.3 is 0 Å². The predicted molar refractivity (Wildman–Crippen MR) is 57.5 cm³/mol. The van der Waals surface area contributed by atoms with E-state index < -0.39 is 17.5 Å². The molecule has 0 atom stereocenters. The second-order valence-corrected chi connectivity index (χ2v) is 3.56. The lowest BCUT2D eigenvalue weighted by Gasteiger charge is -2.03. The molecule has 16 heavy (non-hydrogen) atoms. The lowest BCUT2D eigenvalue weighted by atomic mass is 10.2. The summed E-state index contributed by atoms with van der Waals surface area (Å²) < 4.78 is 39.2. The standard InChI is InChI=1S/C10H5F3N2S/c11-5-3-4-1-2-6(10(14)16)15-9(4)8(13)7(5)12/h1-3H,(H2,14,16). The van der Waals surface area contributed by atoms with Crippen molar-refractivity contribution < 1.29 is 13.2 Å². The van der Waals surface area contributed by atoms with Crippen LogP contribution in [0.5, 0.6) is 0 Å². The highest BCUT2D eigenvalue weighted by atomic mass is 32.1. The molecule has 82 valence electrons. The van der Waals surface area contributed by atoms with Crippen LogP contribution in [-0.2, 0) is 0 Å². The molecule has 2 aromatic rings. The lowest BCUT2D eigenvalue weighted by Crippen LogP contribution is -2.11. The Morgan fingerprint density at radius 3 is 2.50 bits per heavy atom. The first-order chi connectivity index (χ1) is 7.50. The van der Waals surface area contributed by atoms with E-state index in [1.54, 1.807) is 0 Å². The van der Waals surface area contributed by atoms with Gasteiger partial charge in [0, 0.05) is 5.39 Å². The molecule has 0 unspecified atom stereocenters. The monoisotopic (exact) mass is 242 g/mol. The van der Waals surface area contributed by atoms with Crippen LogP contribution in [0.25, 0.3) is 10.9 Å². The molecule has 1 aromatic heterocycles. The number of nitrogens with two attached hydrogens (primary N) is 1. The first-order valence-electron chi connectivity index (χ1n) is 4.24. The number of hydrogen-bond acceptors (Lipinski definition) is 2. The number of rotatable bonds is 1. The van der Waals surface area contributed by atoms with E-state index >= 15 is 0 Å². The van der Waals surface area contributed by atoms with Crippen molar-refractivity contribution in [1.29, 1.82) is 0 Å². The number of fused-ring (bicyclic) bond motifs is 1. The SMILES string of the molecule is NC(=S)c1ccc2cc(F)c(F)c(F)c2n1. The van der Waals surface area contributed by atoms with Crippen LogP contribution in [0.1, 0.15) is 5.69 Å². The second-order valence-electron chi connectivity index (χ2n) is 3.12. The van der Waals surface area contributed by atoms with Crippen molar-refractivity contribution in [3.8, 4) is 0 Å². The average molecular weight is 242 g/mol. The Labute approximate surface area is 93.9 Å². The van der Waals surface area contributed by atoms with E-state index in [4.69, 9.17) is 5.73 Å². The Balaban J connectivity index is 2.82. The van der Waals surface area contributed by atoms with Crippen molar-refractivity contribution in [2.75, 3.05) is 0 Å². The summed E-state index contributed by atoms with van der Waals surface area (Å²) in [6.45, 7) is 0. The summed E-state index contributed by atoms with van der Waals surface area (Å²) in [6.07, 6.45) is 0. The quantitative estimate of drug-likeness (QED) is 0.616. The van der Waals surface area contributed by atoms with Crippen LogP contribution in [0.3, 0.4) is 0 Å². The maximum Gasteiger partial charge on any atom is 0.196 e. The number of benzene rings is 1. The first-order valence-corrected chi connectivity index (χ1v) is 4.65. The molecule has 0 spiro atoms. The third kappa shape index (κ3) is 1.61. The van der Waals surface area contributed by atoms with E-state index in [0.717, 1.165) is 6.07 Å². The Kier molecular flexibility index (Phi) is 2.51. The molecule has 1 heterocycles. The molecule has 0 aliphatic rings. The largest absolute Gasteiger partial charge is 0.388 e. The number of pyridine rings is 1. The summed E-state index contributed by atoms with van der Waals surface area (Å²) in [4.78, 5) is 3.69. The van der Waals surface area contributed by atoms with E-state index in [9.17, 15) is 13.2 Å². The van der Waals surface area contributed by atoms with E-state index in [0.29, 0.717) is 0 Å². The zero-order chi connectivity index (χ0) is 11.9. The number of thiocarbonyl (C=S) groups is 1. The minimum Gasteiger partial charge on any atom is -0.388 e. The Bertz CT molecular complexity index is 598. The topological polar surface area (TPSA) is 38.9 Å². The summed E-state index contributed by atoms with van der Waals surface area (Å²) in [5.41, 5.74) is 5.17. The molecule has 6 heteroatoms. The minimum absolute atomic E-state index is 0.0361. The maximum absolute atomic E-state index is 13.3. The van der Waals surface area contributed by atoms with Gasteiger partial charge in [-0.1, -0.05) is 18.3 Å². The number of nitrogens with zero attached hydrogens (tertiary/aromatic N) is 1. The van der Waals surface area contributed by atoms with Gasteiger partial charge in [0.2, 0.25) is 0 Å². The molecule has 0 aliphatic heterocycles. The first kappa shape index (κ1) is 10.8. The third-order valence-corrected chi connectivity index (χ3v) is 2.28. The van der Waals surface area contributed by atoms with Gasteiger partial charge in [-0.25, -0.2) is 18.2 Å². The molecule has 0 aliphatic carbocycles. The summed E-state index contributed by atoms with van der Waals surface area (Å²) in [6, 6.07) is 3.66. The van der Waals surface area contributed by atoms with E-state index in [-0.39, 0.29) is 21.6 Å². The zero-order valence-electron chi connectivity index (χ0n) is 7.80. The van der Waals surface area contributed by atoms with Crippen LogP contribution >= 0.6 is 12.2 Å². The summed E-state index contributed by atoms with van der Waals surface area (Å²) in [7, 11) is 0. The number of aromatic nitrogens is 1. The van der Waals surface area contributed by atoms with E-state index in [1.807, 2.05) is 0 Å². The molecule has 0 radical (unpaired) electrons. The highest BCUT2D eigenvalue weighted by Gasteiger charge is 2.15. The zero-order valence-corrected chi connectivity index (χ0v) is 8.62. The maximum atomic E-state index is 13.3. The molecule has 0 bridgehead atoms. The van der Waals surface area contributed by atoms with E-state index in [2.05, 4.69) is 17.2 Å². The molecular formula is C10H5F3N2S. The van der Waals surface area contributed by atoms with Crippen LogP contribution in [-0.4, -0.2) is 9.97 Å². The highest BCUT2D eigenvalue weighted by Crippen LogP contribution is 2.21. The van der Waals surface area contributed by atoms with Gasteiger partial charge in [0.05, 0.1) is 5.69 Å². The fourth-order valence-corrected chi connectivity index (χ4v) is 1.42. The van der Waals surface area contributed by atoms with Crippen LogP contribution in [0.4, 0.5) is 13.2 Å². The van der Waals surface area contributed by atoms with Crippen LogP contribution in [0, 0.1) is 17.5 Å². The predicted octanol–water partition coefficient (Wildman–Crippen LogP) is 2.29. The Morgan fingerprint density at radius 1 is 1.19 bits per heavy atom. The van der Waals surface area contributed by atoms with Crippen molar-refractivity contribution in [2.24, 2.45) is 5.73 Å². The van der Waals surface area contributed by atoms with Crippen molar-refractivity contribution in [3.05, 3.63) is 41.3 Å². The van der Waals surface area contributed by atoms with Gasteiger partial charge in [-0.05, 0) is 12.1 Å². The fourth-order valence-electron chi connectivity index (χ4n) is 1.31. The van der Waals surface area contributed by atoms with Gasteiger partial charge in [-0.2, -0.15) is 0 Å². The molecule has 0 saturated carbocycles. The van der Waals surface area contributed by atoms with Gasteiger partial charge < -0.3 is 5.73 Å². The highest BCUT2D eigenvalue weighted by molar-refractivity contribution is 7.80. The van der Waals surface area contributed by atoms with E-state index in [1.165, 1.54) is 12.1 Å². The van der Waals surface area contributed by atoms with Crippen LogP contribution < -0.4 is 5.73 Å². The molecule has 2 N–H and O–H groups in total. The molecule has 2 rings (SSSR count). The smallest absolute Gasteiger partial charge is 0.196 e. The normalized spacial score (nSPS) is 10.7. The molecule has 0 amide bonds. The lowest BCUT2D eigenvalue weighted by molar-refractivity contribution is 0.452. The molecular weight excluding hydrogens is 237 g/mol. The second kappa shape index (κ2) is 3.71. The van der Waals surface area contributed by atoms with Gasteiger partial charge in [-0.3, -0.25) is 0 Å². The fraction of sp³-hybridized carbons (Fsp3) is 0. The Morgan fingerprint density at radius 2 is 1.88 bits per heavy atom. The van der Waals surface area contributed by atoms with Crippen molar-refractivity contribution >= 4 is 28.1 Å². The third-order valence-electron chi connectivity index (χ3n) is 2.07. The van der Waals surface area contributed by atoms with Gasteiger partial charge in [-0.15, -0.1) is 0 Å². The Hall–Kier alpha value is -1.69. The average Bonchev–Trinajstić information content (AvgIpc) is 2.25. The van der Waals surface area contributed by atoms with Crippen molar-refractivity contribution in [2.45, 2.75) is 0 Å². The number of hydrogen-bond donors (Lipinski definition) is 1. The van der Waals surface area contributed by atoms with Gasteiger partial charge in [0.1, 0.15) is 10.5 Å². The molecule has 0 fully saturated rings. The van der Waals surface area contributed by atoms with Crippen molar-refractivity contribution in [1.82, 2.24) is 4.98 Å². The van der Waals surface area contributed by atoms with Gasteiger partial charge in [0.25, 0.3) is 0 Å². The summed E-state index contributed by atoms with van der Waals surface area (Å²) >= 11 is 4.65. The van der Waals surface area contributed by atoms with Crippen molar-refractivity contribution in [3.63, 3.8) is 0 Å². The summed E-state index contributed by atoms with van der Waals surface area (Å²) in [5, 5.41) is 0.149.